The molecule has 0 aliphatic heterocycles. The van der Waals surface area contributed by atoms with E-state index in [2.05, 4.69) is 0 Å². The van der Waals surface area contributed by atoms with Crippen LogP contribution < -0.4 is 4.31 Å². The van der Waals surface area contributed by atoms with Gasteiger partial charge in [0, 0.05) is 0 Å². The molecule has 0 heterocycles. The van der Waals surface area contributed by atoms with Crippen molar-refractivity contribution in [3.63, 3.8) is 0 Å². The molecule has 0 spiro atoms. The van der Waals surface area contributed by atoms with E-state index in [1.165, 1.54) is 24.3 Å². The van der Waals surface area contributed by atoms with Gasteiger partial charge in [0.15, 0.2) is 0 Å². The average molecular weight is 388 g/mol. The SMILES string of the molecule is N#Cc1ccc(N(c2cc(C(F)(F)F)ccc2C(=O)Cl)S(=O)[O-])cc1. The van der Waals surface area contributed by atoms with Gasteiger partial charge in [0.05, 0.1) is 45.4 Å². The van der Waals surface area contributed by atoms with E-state index in [0.717, 1.165) is 6.07 Å². The van der Waals surface area contributed by atoms with E-state index < -0.39 is 39.5 Å². The maximum atomic E-state index is 12.9. The number of halogens is 4. The molecule has 0 saturated heterocycles. The van der Waals surface area contributed by atoms with E-state index in [4.69, 9.17) is 16.9 Å². The molecule has 0 radical (unpaired) electrons. The van der Waals surface area contributed by atoms with E-state index in [1.54, 1.807) is 0 Å². The fraction of sp³-hybridized carbons (Fsp3) is 0.0667. The third-order valence-corrected chi connectivity index (χ3v) is 4.04. The van der Waals surface area contributed by atoms with Crippen molar-refractivity contribution >= 4 is 39.5 Å². The third-order valence-electron chi connectivity index (χ3n) is 3.14. The zero-order valence-electron chi connectivity index (χ0n) is 12.1. The minimum atomic E-state index is -4.75. The van der Waals surface area contributed by atoms with Gasteiger partial charge < -0.3 is 4.55 Å². The number of benzene rings is 2. The minimum absolute atomic E-state index is 0.0641. The highest BCUT2D eigenvalue weighted by molar-refractivity contribution is 7.81. The second kappa shape index (κ2) is 7.23. The highest BCUT2D eigenvalue weighted by atomic mass is 35.5. The molecule has 1 atom stereocenters. The molecule has 0 fully saturated rings. The topological polar surface area (TPSA) is 84.2 Å². The van der Waals surface area contributed by atoms with Crippen LogP contribution in [0.4, 0.5) is 24.5 Å². The average Bonchev–Trinajstić information content (AvgIpc) is 2.54. The molecule has 0 aromatic heterocycles. The van der Waals surface area contributed by atoms with Crippen molar-refractivity contribution in [2.45, 2.75) is 6.18 Å². The number of rotatable bonds is 4. The van der Waals surface area contributed by atoms with Gasteiger partial charge in [-0.25, -0.2) is 0 Å². The van der Waals surface area contributed by atoms with Crippen molar-refractivity contribution in [3.05, 3.63) is 59.2 Å². The second-order valence-electron chi connectivity index (χ2n) is 4.67. The number of nitrogens with zero attached hydrogens (tertiary/aromatic N) is 2. The molecule has 5 nitrogen and oxygen atoms in total. The maximum Gasteiger partial charge on any atom is 0.416 e. The Bertz CT molecular complexity index is 879. The molecule has 1 unspecified atom stereocenters. The lowest BCUT2D eigenvalue weighted by molar-refractivity contribution is -0.137. The van der Waals surface area contributed by atoms with Gasteiger partial charge in [0.1, 0.15) is 0 Å². The van der Waals surface area contributed by atoms with Crippen LogP contribution in [0, 0.1) is 11.3 Å². The van der Waals surface area contributed by atoms with Gasteiger partial charge in [-0.1, -0.05) is 0 Å². The standard InChI is InChI=1S/C15H8ClF3N2O3S/c16-14(22)12-6-3-10(15(17,18)19)7-13(12)21(25(23)24)11-4-1-9(8-20)2-5-11/h1-7H,(H,23,24)/p-1. The molecule has 130 valence electrons. The molecule has 2 aromatic rings. The van der Waals surface area contributed by atoms with Crippen LogP contribution in [-0.4, -0.2) is 14.0 Å². The van der Waals surface area contributed by atoms with Crippen molar-refractivity contribution in [3.8, 4) is 6.07 Å². The Morgan fingerprint density at radius 2 is 1.80 bits per heavy atom. The van der Waals surface area contributed by atoms with Crippen molar-refractivity contribution in [2.24, 2.45) is 0 Å². The first-order valence-electron chi connectivity index (χ1n) is 6.46. The molecule has 0 amide bonds. The quantitative estimate of drug-likeness (QED) is 0.588. The summed E-state index contributed by atoms with van der Waals surface area (Å²) in [6.07, 6.45) is -4.75. The van der Waals surface area contributed by atoms with Crippen LogP contribution in [0.2, 0.25) is 0 Å². The smallest absolute Gasteiger partial charge is 0.416 e. The number of alkyl halides is 3. The molecule has 25 heavy (non-hydrogen) atoms. The zero-order chi connectivity index (χ0) is 18.8. The Hall–Kier alpha value is -2.41. The van der Waals surface area contributed by atoms with Crippen LogP contribution in [0.15, 0.2) is 42.5 Å². The van der Waals surface area contributed by atoms with E-state index in [0.29, 0.717) is 16.4 Å². The zero-order valence-corrected chi connectivity index (χ0v) is 13.7. The number of nitriles is 1. The Morgan fingerprint density at radius 3 is 2.24 bits per heavy atom. The van der Waals surface area contributed by atoms with Gasteiger partial charge in [0.25, 0.3) is 5.24 Å². The highest BCUT2D eigenvalue weighted by Crippen LogP contribution is 2.37. The Balaban J connectivity index is 2.69. The monoisotopic (exact) mass is 387 g/mol. The molecule has 2 rings (SSSR count). The minimum Gasteiger partial charge on any atom is -0.755 e. The number of carbonyl (C=O) groups is 1. The lowest BCUT2D eigenvalue weighted by Gasteiger charge is -2.28. The molecule has 0 aliphatic carbocycles. The Labute approximate surface area is 147 Å². The first kappa shape index (κ1) is 18.9. The highest BCUT2D eigenvalue weighted by Gasteiger charge is 2.32. The second-order valence-corrected chi connectivity index (χ2v) is 5.82. The fourth-order valence-electron chi connectivity index (χ4n) is 2.02. The van der Waals surface area contributed by atoms with E-state index in [1.807, 2.05) is 6.07 Å². The van der Waals surface area contributed by atoms with Gasteiger partial charge >= 0.3 is 6.18 Å². The van der Waals surface area contributed by atoms with Gasteiger partial charge in [-0.05, 0) is 54.1 Å². The van der Waals surface area contributed by atoms with Crippen molar-refractivity contribution in [2.75, 3.05) is 4.31 Å². The predicted molar refractivity (Wildman–Crippen MR) is 83.8 cm³/mol. The largest absolute Gasteiger partial charge is 0.755 e. The van der Waals surface area contributed by atoms with Crippen LogP contribution in [0.25, 0.3) is 0 Å². The van der Waals surface area contributed by atoms with Crippen molar-refractivity contribution < 1.29 is 26.7 Å². The number of anilines is 2. The van der Waals surface area contributed by atoms with Crippen molar-refractivity contribution in [1.29, 1.82) is 5.26 Å². The summed E-state index contributed by atoms with van der Waals surface area (Å²) >= 11 is 2.31. The number of hydrogen-bond donors (Lipinski definition) is 0. The summed E-state index contributed by atoms with van der Waals surface area (Å²) in [6.45, 7) is 0. The third kappa shape index (κ3) is 4.17. The molecule has 2 aromatic carbocycles. The van der Waals surface area contributed by atoms with E-state index in [-0.39, 0.29) is 11.3 Å². The molecule has 0 saturated carbocycles. The van der Waals surface area contributed by atoms with Crippen LogP contribution in [0.1, 0.15) is 21.5 Å². The van der Waals surface area contributed by atoms with E-state index in [9.17, 15) is 26.7 Å². The normalized spacial score (nSPS) is 12.3. The van der Waals surface area contributed by atoms with E-state index >= 15 is 0 Å². The summed E-state index contributed by atoms with van der Waals surface area (Å²) in [7, 11) is 0. The summed E-state index contributed by atoms with van der Waals surface area (Å²) in [6, 6.07) is 8.78. The number of hydrogen-bond acceptors (Lipinski definition) is 4. The van der Waals surface area contributed by atoms with Crippen LogP contribution >= 0.6 is 11.6 Å². The summed E-state index contributed by atoms with van der Waals surface area (Å²) in [4.78, 5) is 11.5. The summed E-state index contributed by atoms with van der Waals surface area (Å²) in [5.74, 6) is 0. The Morgan fingerprint density at radius 1 is 1.20 bits per heavy atom. The number of carbonyl (C=O) groups excluding carboxylic acids is 1. The van der Waals surface area contributed by atoms with Gasteiger partial charge in [-0.2, -0.15) is 18.4 Å². The predicted octanol–water partition coefficient (Wildman–Crippen LogP) is 3.89. The lowest BCUT2D eigenvalue weighted by Crippen LogP contribution is -2.22. The first-order valence-corrected chi connectivity index (χ1v) is 7.87. The Kier molecular flexibility index (Phi) is 5.47. The molecule has 0 bridgehead atoms. The summed E-state index contributed by atoms with van der Waals surface area (Å²) in [5, 5.41) is 7.65. The molecular weight excluding hydrogens is 381 g/mol. The summed E-state index contributed by atoms with van der Waals surface area (Å²) in [5.41, 5.74) is -1.95. The molecular formula is C15H7ClF3N2O3S-. The van der Waals surface area contributed by atoms with Crippen LogP contribution in [0.5, 0.6) is 0 Å². The lowest BCUT2D eigenvalue weighted by atomic mass is 10.1. The van der Waals surface area contributed by atoms with Crippen molar-refractivity contribution in [1.82, 2.24) is 0 Å². The molecule has 0 aliphatic rings. The van der Waals surface area contributed by atoms with Crippen LogP contribution in [0.3, 0.4) is 0 Å². The fourth-order valence-corrected chi connectivity index (χ4v) is 2.78. The molecule has 10 heteroatoms. The van der Waals surface area contributed by atoms with Gasteiger partial charge in [-0.3, -0.25) is 13.3 Å². The van der Waals surface area contributed by atoms with Gasteiger partial charge in [-0.15, -0.1) is 0 Å². The summed E-state index contributed by atoms with van der Waals surface area (Å²) < 4.78 is 62.5. The first-order chi connectivity index (χ1) is 11.6. The van der Waals surface area contributed by atoms with Crippen LogP contribution in [-0.2, 0) is 17.4 Å². The molecule has 0 N–H and O–H groups in total. The maximum absolute atomic E-state index is 12.9. The van der Waals surface area contributed by atoms with Gasteiger partial charge in [0.2, 0.25) is 0 Å².